The summed E-state index contributed by atoms with van der Waals surface area (Å²) in [5, 5.41) is 7.57. The summed E-state index contributed by atoms with van der Waals surface area (Å²) in [6, 6.07) is 2.16. The molecule has 132 valence electrons. The van der Waals surface area contributed by atoms with Gasteiger partial charge in [0, 0.05) is 30.7 Å². The van der Waals surface area contributed by atoms with Gasteiger partial charge in [0.05, 0.1) is 11.9 Å². The molecule has 6 nitrogen and oxygen atoms in total. The first-order valence-corrected chi connectivity index (χ1v) is 10.2. The molecule has 0 aromatic carbocycles. The molecule has 0 bridgehead atoms. The van der Waals surface area contributed by atoms with E-state index < -0.39 is 10.0 Å². The summed E-state index contributed by atoms with van der Waals surface area (Å²) in [4.78, 5) is 2.44. The molecule has 2 heterocycles. The largest absolute Gasteiger partial charge is 0.297 e. The maximum absolute atomic E-state index is 11.1. The van der Waals surface area contributed by atoms with Crippen molar-refractivity contribution in [3.05, 3.63) is 17.5 Å². The lowest BCUT2D eigenvalue weighted by molar-refractivity contribution is 0.161. The van der Waals surface area contributed by atoms with E-state index in [1.54, 1.807) is 0 Å². The standard InChI is InChI=1S/C16H30N4O2S/c1-16(2,3)15-10-14(18-19-15)12-20-9-5-6-13(11-20)7-8-17-23(4,21)22/h10,13,17H,5-9,11-12H2,1-4H3,(H,18,19)/t13-/m1/s1. The predicted octanol–water partition coefficient (Wildman–Crippen LogP) is 1.86. The molecule has 0 unspecified atom stereocenters. The maximum Gasteiger partial charge on any atom is 0.208 e. The monoisotopic (exact) mass is 342 g/mol. The van der Waals surface area contributed by atoms with Crippen LogP contribution in [-0.4, -0.2) is 49.4 Å². The average Bonchev–Trinajstić information content (AvgIpc) is 2.86. The van der Waals surface area contributed by atoms with Crippen LogP contribution in [0.15, 0.2) is 6.07 Å². The Morgan fingerprint density at radius 1 is 1.43 bits per heavy atom. The zero-order chi connectivity index (χ0) is 17.1. The van der Waals surface area contributed by atoms with Crippen LogP contribution in [0.1, 0.15) is 51.4 Å². The van der Waals surface area contributed by atoms with Crippen LogP contribution < -0.4 is 4.72 Å². The van der Waals surface area contributed by atoms with Gasteiger partial charge in [-0.05, 0) is 37.8 Å². The van der Waals surface area contributed by atoms with Gasteiger partial charge >= 0.3 is 0 Å². The van der Waals surface area contributed by atoms with Crippen LogP contribution in [0, 0.1) is 5.92 Å². The van der Waals surface area contributed by atoms with Gasteiger partial charge < -0.3 is 0 Å². The van der Waals surface area contributed by atoms with Crippen molar-refractivity contribution in [2.45, 2.75) is 52.0 Å². The van der Waals surface area contributed by atoms with Gasteiger partial charge in [-0.25, -0.2) is 13.1 Å². The lowest BCUT2D eigenvalue weighted by Crippen LogP contribution is -2.36. The highest BCUT2D eigenvalue weighted by molar-refractivity contribution is 7.88. The molecule has 23 heavy (non-hydrogen) atoms. The van der Waals surface area contributed by atoms with E-state index in [2.05, 4.69) is 46.7 Å². The number of rotatable bonds is 6. The average molecular weight is 343 g/mol. The molecule has 1 aromatic heterocycles. The van der Waals surface area contributed by atoms with Gasteiger partial charge in [0.15, 0.2) is 0 Å². The fourth-order valence-electron chi connectivity index (χ4n) is 3.05. The Bertz CT molecular complexity index is 604. The lowest BCUT2D eigenvalue weighted by atomic mass is 9.92. The van der Waals surface area contributed by atoms with E-state index in [9.17, 15) is 8.42 Å². The molecule has 2 rings (SSSR count). The van der Waals surface area contributed by atoms with Crippen molar-refractivity contribution in [2.75, 3.05) is 25.9 Å². The van der Waals surface area contributed by atoms with Gasteiger partial charge in [-0.1, -0.05) is 20.8 Å². The molecule has 0 amide bonds. The van der Waals surface area contributed by atoms with Gasteiger partial charge in [-0.3, -0.25) is 10.00 Å². The summed E-state index contributed by atoms with van der Waals surface area (Å²) in [5.41, 5.74) is 2.32. The van der Waals surface area contributed by atoms with E-state index in [4.69, 9.17) is 0 Å². The minimum absolute atomic E-state index is 0.0660. The zero-order valence-corrected chi connectivity index (χ0v) is 15.5. The fourth-order valence-corrected chi connectivity index (χ4v) is 3.54. The molecule has 2 N–H and O–H groups in total. The molecule has 0 radical (unpaired) electrons. The molecule has 7 heteroatoms. The molecule has 0 aliphatic carbocycles. The van der Waals surface area contributed by atoms with Crippen molar-refractivity contribution in [1.82, 2.24) is 19.8 Å². The second kappa shape index (κ2) is 7.32. The van der Waals surface area contributed by atoms with Crippen LogP contribution >= 0.6 is 0 Å². The zero-order valence-electron chi connectivity index (χ0n) is 14.7. The predicted molar refractivity (Wildman–Crippen MR) is 92.8 cm³/mol. The van der Waals surface area contributed by atoms with Crippen LogP contribution in [0.25, 0.3) is 0 Å². The molecule has 1 fully saturated rings. The number of likely N-dealkylation sites (tertiary alicyclic amines) is 1. The minimum atomic E-state index is -3.08. The summed E-state index contributed by atoms with van der Waals surface area (Å²) < 4.78 is 24.8. The first kappa shape index (κ1) is 18.4. The highest BCUT2D eigenvalue weighted by atomic mass is 32.2. The van der Waals surface area contributed by atoms with E-state index in [-0.39, 0.29) is 5.41 Å². The first-order valence-electron chi connectivity index (χ1n) is 8.35. The number of sulfonamides is 1. The highest BCUT2D eigenvalue weighted by Gasteiger charge is 2.22. The minimum Gasteiger partial charge on any atom is -0.297 e. The van der Waals surface area contributed by atoms with Gasteiger partial charge in [-0.2, -0.15) is 5.10 Å². The Balaban J connectivity index is 1.83. The van der Waals surface area contributed by atoms with Crippen molar-refractivity contribution in [3.8, 4) is 0 Å². The molecule has 1 aromatic rings. The third-order valence-corrected chi connectivity index (χ3v) is 5.04. The Labute approximate surface area is 140 Å². The van der Waals surface area contributed by atoms with Gasteiger partial charge in [0.1, 0.15) is 0 Å². The van der Waals surface area contributed by atoms with Crippen LogP contribution in [0.4, 0.5) is 0 Å². The summed E-state index contributed by atoms with van der Waals surface area (Å²) in [6.07, 6.45) is 4.47. The van der Waals surface area contributed by atoms with Crippen molar-refractivity contribution in [3.63, 3.8) is 0 Å². The highest BCUT2D eigenvalue weighted by Crippen LogP contribution is 2.23. The Morgan fingerprint density at radius 3 is 2.78 bits per heavy atom. The molecule has 1 atom stereocenters. The Hall–Kier alpha value is -0.920. The third kappa shape index (κ3) is 6.24. The van der Waals surface area contributed by atoms with Gasteiger partial charge in [0.25, 0.3) is 0 Å². The SMILES string of the molecule is CC(C)(C)c1cc(CN2CCC[C@H](CCNS(C)(=O)=O)C2)[nH]n1. The molecule has 1 aliphatic heterocycles. The van der Waals surface area contributed by atoms with Gasteiger partial charge in [-0.15, -0.1) is 0 Å². The lowest BCUT2D eigenvalue weighted by Gasteiger charge is -2.32. The number of aromatic amines is 1. The summed E-state index contributed by atoms with van der Waals surface area (Å²) >= 11 is 0. The molecular formula is C16H30N4O2S. The van der Waals surface area contributed by atoms with E-state index in [1.807, 2.05) is 0 Å². The van der Waals surface area contributed by atoms with Crippen molar-refractivity contribution >= 4 is 10.0 Å². The molecule has 0 saturated carbocycles. The molecule has 1 aliphatic rings. The number of piperidine rings is 1. The number of H-pyrrole nitrogens is 1. The van der Waals surface area contributed by atoms with Crippen molar-refractivity contribution in [2.24, 2.45) is 5.92 Å². The molecule has 1 saturated heterocycles. The summed E-state index contributed by atoms with van der Waals surface area (Å²) in [5.74, 6) is 0.558. The quantitative estimate of drug-likeness (QED) is 0.827. The molecular weight excluding hydrogens is 312 g/mol. The summed E-state index contributed by atoms with van der Waals surface area (Å²) in [7, 11) is -3.08. The van der Waals surface area contributed by atoms with E-state index in [1.165, 1.54) is 19.1 Å². The first-order chi connectivity index (χ1) is 10.6. The van der Waals surface area contributed by atoms with Crippen molar-refractivity contribution < 1.29 is 8.42 Å². The van der Waals surface area contributed by atoms with Crippen molar-refractivity contribution in [1.29, 1.82) is 0 Å². The van der Waals surface area contributed by atoms with Crippen LogP contribution in [0.2, 0.25) is 0 Å². The number of nitrogens with zero attached hydrogens (tertiary/aromatic N) is 2. The topological polar surface area (TPSA) is 78.1 Å². The Morgan fingerprint density at radius 2 is 2.17 bits per heavy atom. The van der Waals surface area contributed by atoms with Gasteiger partial charge in [0.2, 0.25) is 10.0 Å². The number of aromatic nitrogens is 2. The van der Waals surface area contributed by atoms with E-state index in [0.717, 1.165) is 37.4 Å². The number of hydrogen-bond donors (Lipinski definition) is 2. The number of nitrogens with one attached hydrogen (secondary N) is 2. The fraction of sp³-hybridized carbons (Fsp3) is 0.812. The number of hydrogen-bond acceptors (Lipinski definition) is 4. The van der Waals surface area contributed by atoms with Crippen LogP contribution in [0.3, 0.4) is 0 Å². The molecule has 0 spiro atoms. The van der Waals surface area contributed by atoms with Crippen LogP contribution in [0.5, 0.6) is 0 Å². The van der Waals surface area contributed by atoms with E-state index in [0.29, 0.717) is 12.5 Å². The maximum atomic E-state index is 11.1. The summed E-state index contributed by atoms with van der Waals surface area (Å²) in [6.45, 7) is 10.0. The van der Waals surface area contributed by atoms with Crippen LogP contribution in [-0.2, 0) is 22.0 Å². The second-order valence-corrected chi connectivity index (χ2v) is 9.56. The normalized spacial score (nSPS) is 20.8. The third-order valence-electron chi connectivity index (χ3n) is 4.31. The second-order valence-electron chi connectivity index (χ2n) is 7.73. The van der Waals surface area contributed by atoms with E-state index >= 15 is 0 Å². The Kier molecular flexibility index (Phi) is 5.86. The smallest absolute Gasteiger partial charge is 0.208 e.